The van der Waals surface area contributed by atoms with E-state index in [0.29, 0.717) is 24.1 Å². The molecule has 1 aliphatic heterocycles. The minimum atomic E-state index is 0.260. The molecule has 106 valence electrons. The van der Waals surface area contributed by atoms with Gasteiger partial charge in [0.05, 0.1) is 19.4 Å². The Bertz CT molecular complexity index is 394. The van der Waals surface area contributed by atoms with Gasteiger partial charge in [-0.1, -0.05) is 13.3 Å². The summed E-state index contributed by atoms with van der Waals surface area (Å²) in [5.74, 6) is 2.06. The van der Waals surface area contributed by atoms with Gasteiger partial charge in [0.25, 0.3) is 0 Å². The summed E-state index contributed by atoms with van der Waals surface area (Å²) in [6.07, 6.45) is 4.89. The van der Waals surface area contributed by atoms with Crippen molar-refractivity contribution in [3.8, 4) is 5.75 Å². The number of nitrogens with zero attached hydrogens (tertiary/aromatic N) is 2. The van der Waals surface area contributed by atoms with Crippen LogP contribution in [0.3, 0.4) is 0 Å². The molecule has 0 saturated carbocycles. The summed E-state index contributed by atoms with van der Waals surface area (Å²) in [4.78, 5) is 8.17. The molecule has 1 unspecified atom stereocenters. The van der Waals surface area contributed by atoms with Gasteiger partial charge in [-0.05, 0) is 12.8 Å². The van der Waals surface area contributed by atoms with E-state index in [1.807, 2.05) is 0 Å². The highest BCUT2D eigenvalue weighted by Crippen LogP contribution is 2.23. The Balaban J connectivity index is 1.92. The number of nitrogens with one attached hydrogen (secondary N) is 1. The molecule has 19 heavy (non-hydrogen) atoms. The van der Waals surface area contributed by atoms with Crippen molar-refractivity contribution in [1.82, 2.24) is 9.97 Å². The largest absolute Gasteiger partial charge is 0.488 e. The Morgan fingerprint density at radius 3 is 3.21 bits per heavy atom. The van der Waals surface area contributed by atoms with Crippen LogP contribution >= 0.6 is 0 Å². The lowest BCUT2D eigenvalue weighted by molar-refractivity contribution is 0.167. The molecule has 0 amide bonds. The molecule has 6 nitrogen and oxygen atoms in total. The van der Waals surface area contributed by atoms with Crippen LogP contribution in [-0.2, 0) is 4.74 Å². The van der Waals surface area contributed by atoms with Gasteiger partial charge in [0.15, 0.2) is 11.6 Å². The number of anilines is 2. The number of unbranched alkanes of at least 4 members (excludes halogenated alkanes) is 1. The Labute approximate surface area is 113 Å². The number of nitrogens with two attached hydrogens (primary N) is 1. The molecular formula is C13H22N4O2. The van der Waals surface area contributed by atoms with E-state index in [1.54, 1.807) is 6.20 Å². The zero-order valence-corrected chi connectivity index (χ0v) is 11.4. The maximum atomic E-state index is 5.78. The zero-order chi connectivity index (χ0) is 13.5. The monoisotopic (exact) mass is 266 g/mol. The first-order valence-electron chi connectivity index (χ1n) is 6.86. The second-order valence-corrected chi connectivity index (χ2v) is 4.76. The number of hydrogen-bond donors (Lipinski definition) is 2. The predicted octanol–water partition coefficient (Wildman–Crippen LogP) is 1.69. The third-order valence-corrected chi connectivity index (χ3v) is 3.10. The van der Waals surface area contributed by atoms with Gasteiger partial charge in [-0.2, -0.15) is 4.98 Å². The lowest BCUT2D eigenvalue weighted by Crippen LogP contribution is -2.14. The minimum absolute atomic E-state index is 0.260. The second kappa shape index (κ2) is 7.13. The summed E-state index contributed by atoms with van der Waals surface area (Å²) in [6.45, 7) is 5.24. The Morgan fingerprint density at radius 1 is 1.58 bits per heavy atom. The van der Waals surface area contributed by atoms with Crippen molar-refractivity contribution in [3.05, 3.63) is 6.20 Å². The van der Waals surface area contributed by atoms with Gasteiger partial charge < -0.3 is 20.5 Å². The molecule has 3 N–H and O–H groups in total. The highest BCUT2D eigenvalue weighted by atomic mass is 16.5. The average molecular weight is 266 g/mol. The number of rotatable bonds is 7. The smallest absolute Gasteiger partial charge is 0.222 e. The third-order valence-electron chi connectivity index (χ3n) is 3.10. The van der Waals surface area contributed by atoms with Gasteiger partial charge in [-0.25, -0.2) is 4.98 Å². The van der Waals surface area contributed by atoms with Crippen molar-refractivity contribution in [2.45, 2.75) is 26.2 Å². The summed E-state index contributed by atoms with van der Waals surface area (Å²) < 4.78 is 11.1. The third kappa shape index (κ3) is 4.24. The van der Waals surface area contributed by atoms with Crippen LogP contribution in [0.5, 0.6) is 5.75 Å². The molecule has 1 aromatic rings. The van der Waals surface area contributed by atoms with Crippen molar-refractivity contribution < 1.29 is 9.47 Å². The van der Waals surface area contributed by atoms with Gasteiger partial charge in [0, 0.05) is 19.1 Å². The molecule has 1 aliphatic rings. The van der Waals surface area contributed by atoms with Gasteiger partial charge in [0.2, 0.25) is 5.95 Å². The molecule has 2 rings (SSSR count). The first-order valence-corrected chi connectivity index (χ1v) is 6.86. The summed E-state index contributed by atoms with van der Waals surface area (Å²) in [5.41, 5.74) is 5.61. The molecule has 1 atom stereocenters. The number of hydrogen-bond acceptors (Lipinski definition) is 6. The predicted molar refractivity (Wildman–Crippen MR) is 74.3 cm³/mol. The molecule has 0 bridgehead atoms. The Morgan fingerprint density at radius 2 is 2.47 bits per heavy atom. The fourth-order valence-electron chi connectivity index (χ4n) is 1.92. The maximum Gasteiger partial charge on any atom is 0.222 e. The van der Waals surface area contributed by atoms with E-state index in [9.17, 15) is 0 Å². The van der Waals surface area contributed by atoms with E-state index in [4.69, 9.17) is 15.2 Å². The van der Waals surface area contributed by atoms with Crippen molar-refractivity contribution in [1.29, 1.82) is 0 Å². The Hall–Kier alpha value is -1.56. The normalized spacial score (nSPS) is 18.5. The highest BCUT2D eigenvalue weighted by molar-refractivity contribution is 5.51. The van der Waals surface area contributed by atoms with Gasteiger partial charge in [-0.15, -0.1) is 0 Å². The van der Waals surface area contributed by atoms with Gasteiger partial charge >= 0.3 is 0 Å². The molecule has 1 fully saturated rings. The summed E-state index contributed by atoms with van der Waals surface area (Å²) in [7, 11) is 0. The number of ether oxygens (including phenoxy) is 2. The lowest BCUT2D eigenvalue weighted by atomic mass is 10.1. The van der Waals surface area contributed by atoms with Crippen LogP contribution in [0.4, 0.5) is 11.8 Å². The van der Waals surface area contributed by atoms with E-state index in [0.717, 1.165) is 39.0 Å². The molecule has 0 aromatic carbocycles. The van der Waals surface area contributed by atoms with Crippen molar-refractivity contribution >= 4 is 11.8 Å². The fraction of sp³-hybridized carbons (Fsp3) is 0.692. The molecular weight excluding hydrogens is 244 g/mol. The molecule has 0 aliphatic carbocycles. The molecule has 0 radical (unpaired) electrons. The summed E-state index contributed by atoms with van der Waals surface area (Å²) in [6, 6.07) is 0. The SMILES string of the molecule is CCCCNc1nc(N)ncc1OCC1CCOC1. The van der Waals surface area contributed by atoms with Crippen LogP contribution in [0, 0.1) is 5.92 Å². The zero-order valence-electron chi connectivity index (χ0n) is 11.4. The Kier molecular flexibility index (Phi) is 5.20. The summed E-state index contributed by atoms with van der Waals surface area (Å²) in [5, 5.41) is 3.24. The summed E-state index contributed by atoms with van der Waals surface area (Å²) >= 11 is 0. The van der Waals surface area contributed by atoms with Gasteiger partial charge in [-0.3, -0.25) is 0 Å². The number of nitrogen functional groups attached to an aromatic ring is 1. The topological polar surface area (TPSA) is 82.3 Å². The standard InChI is InChI=1S/C13H22N4O2/c1-2-3-5-15-12-11(7-16-13(14)17-12)19-9-10-4-6-18-8-10/h7,10H,2-6,8-9H2,1H3,(H3,14,15,16,17). The van der Waals surface area contributed by atoms with Crippen LogP contribution in [0.1, 0.15) is 26.2 Å². The van der Waals surface area contributed by atoms with Crippen LogP contribution in [0.25, 0.3) is 0 Å². The average Bonchev–Trinajstić information content (AvgIpc) is 2.91. The van der Waals surface area contributed by atoms with Crippen molar-refractivity contribution in [3.63, 3.8) is 0 Å². The van der Waals surface area contributed by atoms with E-state index in [2.05, 4.69) is 22.2 Å². The molecule has 1 aromatic heterocycles. The van der Waals surface area contributed by atoms with Gasteiger partial charge in [0.1, 0.15) is 0 Å². The first-order chi connectivity index (χ1) is 9.29. The fourth-order valence-corrected chi connectivity index (χ4v) is 1.92. The first kappa shape index (κ1) is 13.9. The second-order valence-electron chi connectivity index (χ2n) is 4.76. The molecule has 2 heterocycles. The quantitative estimate of drug-likeness (QED) is 0.731. The van der Waals surface area contributed by atoms with Crippen LogP contribution < -0.4 is 15.8 Å². The van der Waals surface area contributed by atoms with E-state index >= 15 is 0 Å². The highest BCUT2D eigenvalue weighted by Gasteiger charge is 2.17. The molecule has 6 heteroatoms. The molecule has 0 spiro atoms. The minimum Gasteiger partial charge on any atom is -0.488 e. The lowest BCUT2D eigenvalue weighted by Gasteiger charge is -2.14. The van der Waals surface area contributed by atoms with E-state index in [-0.39, 0.29) is 5.95 Å². The maximum absolute atomic E-state index is 5.78. The van der Waals surface area contributed by atoms with Crippen molar-refractivity contribution in [2.24, 2.45) is 5.92 Å². The van der Waals surface area contributed by atoms with Crippen LogP contribution in [0.15, 0.2) is 6.20 Å². The van der Waals surface area contributed by atoms with E-state index in [1.165, 1.54) is 0 Å². The van der Waals surface area contributed by atoms with Crippen molar-refractivity contribution in [2.75, 3.05) is 37.4 Å². The number of aromatic nitrogens is 2. The van der Waals surface area contributed by atoms with E-state index < -0.39 is 0 Å². The van der Waals surface area contributed by atoms with Crippen LogP contribution in [-0.4, -0.2) is 36.3 Å². The van der Waals surface area contributed by atoms with Crippen LogP contribution in [0.2, 0.25) is 0 Å². The molecule has 1 saturated heterocycles.